The standard InChI is InChI=1S/C28H30N4O4S/c1-16-6-8-19(14-22(16)31-12-4-5-13-31)26(34)23(33)10-11-24-25-20(15-37-24)28(36)32(18(3)30-25)21-9-7-17(2)29-27(21)35/h6,8,14-15,21H,2,4-5,7,9-13H2,1,3H3,(H,29,35). The molecule has 1 unspecified atom stereocenters. The van der Waals surface area contributed by atoms with Gasteiger partial charge in [0.05, 0.1) is 10.9 Å². The number of thiophene rings is 1. The number of carbonyl (C=O) groups excluding carboxylic acids is 3. The van der Waals surface area contributed by atoms with Gasteiger partial charge in [0, 0.05) is 46.7 Å². The molecule has 0 spiro atoms. The Morgan fingerprint density at radius 3 is 2.68 bits per heavy atom. The molecule has 2 aliphatic rings. The van der Waals surface area contributed by atoms with Gasteiger partial charge in [0.15, 0.2) is 0 Å². The van der Waals surface area contributed by atoms with Crippen LogP contribution in [0.15, 0.2) is 40.6 Å². The number of rotatable bonds is 7. The average Bonchev–Trinajstić information content (AvgIpc) is 3.54. The minimum Gasteiger partial charge on any atom is -0.371 e. The largest absolute Gasteiger partial charge is 0.371 e. The van der Waals surface area contributed by atoms with E-state index in [1.54, 1.807) is 18.4 Å². The number of hydrogen-bond acceptors (Lipinski definition) is 7. The van der Waals surface area contributed by atoms with Gasteiger partial charge >= 0.3 is 0 Å². The maximum Gasteiger partial charge on any atom is 0.262 e. The van der Waals surface area contributed by atoms with Crippen LogP contribution in [-0.2, 0) is 16.0 Å². The molecule has 2 saturated heterocycles. The van der Waals surface area contributed by atoms with E-state index in [1.807, 2.05) is 19.1 Å². The Balaban J connectivity index is 1.33. The number of amides is 1. The number of ketones is 2. The summed E-state index contributed by atoms with van der Waals surface area (Å²) in [5.74, 6) is -0.757. The Hall–Kier alpha value is -3.59. The Morgan fingerprint density at radius 2 is 1.95 bits per heavy atom. The Morgan fingerprint density at radius 1 is 1.19 bits per heavy atom. The van der Waals surface area contributed by atoms with Gasteiger partial charge in [-0.2, -0.15) is 0 Å². The normalized spacial score (nSPS) is 17.9. The van der Waals surface area contributed by atoms with Crippen molar-refractivity contribution in [2.45, 2.75) is 58.4 Å². The number of fused-ring (bicyclic) bond motifs is 1. The fourth-order valence-electron chi connectivity index (χ4n) is 5.26. The van der Waals surface area contributed by atoms with Crippen LogP contribution in [0.1, 0.15) is 64.8 Å². The number of nitrogens with zero attached hydrogens (tertiary/aromatic N) is 3. The highest BCUT2D eigenvalue weighted by Crippen LogP contribution is 2.28. The fourth-order valence-corrected chi connectivity index (χ4v) is 6.22. The van der Waals surface area contributed by atoms with Crippen LogP contribution in [0.25, 0.3) is 10.9 Å². The molecule has 2 fully saturated rings. The quantitative estimate of drug-likeness (QED) is 0.374. The van der Waals surface area contributed by atoms with E-state index in [-0.39, 0.29) is 17.9 Å². The van der Waals surface area contributed by atoms with Crippen molar-refractivity contribution in [1.82, 2.24) is 14.9 Å². The molecule has 9 heteroatoms. The van der Waals surface area contributed by atoms with Crippen molar-refractivity contribution in [2.75, 3.05) is 18.0 Å². The number of allylic oxidation sites excluding steroid dienone is 1. The molecule has 0 radical (unpaired) electrons. The molecule has 1 amide bonds. The third-order valence-corrected chi connectivity index (χ3v) is 8.33. The monoisotopic (exact) mass is 518 g/mol. The summed E-state index contributed by atoms with van der Waals surface area (Å²) < 4.78 is 1.45. The van der Waals surface area contributed by atoms with E-state index in [1.165, 1.54) is 15.9 Å². The number of piperidine rings is 1. The van der Waals surface area contributed by atoms with Crippen molar-refractivity contribution in [2.24, 2.45) is 0 Å². The molecule has 0 bridgehead atoms. The number of nitrogens with one attached hydrogen (secondary N) is 1. The summed E-state index contributed by atoms with van der Waals surface area (Å²) in [6.45, 7) is 9.46. The Labute approximate surface area is 219 Å². The molecule has 0 saturated carbocycles. The molecule has 37 heavy (non-hydrogen) atoms. The number of carbonyl (C=O) groups is 3. The maximum absolute atomic E-state index is 13.3. The molecular weight excluding hydrogens is 488 g/mol. The van der Waals surface area contributed by atoms with Crippen LogP contribution in [-0.4, -0.2) is 40.1 Å². The lowest BCUT2D eigenvalue weighted by atomic mass is 10.0. The summed E-state index contributed by atoms with van der Waals surface area (Å²) >= 11 is 1.35. The minimum absolute atomic E-state index is 0.0400. The molecule has 8 nitrogen and oxygen atoms in total. The highest BCUT2D eigenvalue weighted by Gasteiger charge is 2.29. The SMILES string of the molecule is C=C1CCC(n2c(C)nc3c(CCC(=O)C(=O)c4ccc(C)c(N5CCCC5)c4)scc3c2=O)C(=O)N1. The average molecular weight is 519 g/mol. The third kappa shape index (κ3) is 4.75. The Kier molecular flexibility index (Phi) is 6.81. The second kappa shape index (κ2) is 10.0. The zero-order valence-corrected chi connectivity index (χ0v) is 22.0. The summed E-state index contributed by atoms with van der Waals surface area (Å²) in [5.41, 5.74) is 3.45. The summed E-state index contributed by atoms with van der Waals surface area (Å²) in [7, 11) is 0. The van der Waals surface area contributed by atoms with Crippen LogP contribution in [0.2, 0.25) is 0 Å². The van der Waals surface area contributed by atoms with Gasteiger partial charge in [0.2, 0.25) is 17.5 Å². The molecule has 4 heterocycles. The summed E-state index contributed by atoms with van der Waals surface area (Å²) in [6, 6.07) is 4.84. The van der Waals surface area contributed by atoms with Crippen LogP contribution in [0.4, 0.5) is 5.69 Å². The lowest BCUT2D eigenvalue weighted by Crippen LogP contribution is -2.41. The van der Waals surface area contributed by atoms with Gasteiger partial charge in [-0.15, -0.1) is 11.3 Å². The van der Waals surface area contributed by atoms with E-state index in [0.717, 1.165) is 42.1 Å². The van der Waals surface area contributed by atoms with Crippen molar-refractivity contribution in [3.05, 3.63) is 68.0 Å². The molecular formula is C28H30N4O4S. The molecule has 0 aliphatic carbocycles. The van der Waals surface area contributed by atoms with Crippen LogP contribution in [0.3, 0.4) is 0 Å². The zero-order chi connectivity index (χ0) is 26.3. The second-order valence-corrected chi connectivity index (χ2v) is 10.8. The molecule has 1 N–H and O–H groups in total. The number of hydrogen-bond donors (Lipinski definition) is 1. The van der Waals surface area contributed by atoms with Crippen molar-refractivity contribution in [3.63, 3.8) is 0 Å². The first-order valence-electron chi connectivity index (χ1n) is 12.7. The van der Waals surface area contributed by atoms with E-state index in [4.69, 9.17) is 0 Å². The fraction of sp³-hybridized carbons (Fsp3) is 0.393. The van der Waals surface area contributed by atoms with Gasteiger partial charge < -0.3 is 10.2 Å². The van der Waals surface area contributed by atoms with Crippen molar-refractivity contribution in [3.8, 4) is 0 Å². The number of anilines is 1. The summed E-state index contributed by atoms with van der Waals surface area (Å²) in [4.78, 5) is 59.3. The van der Waals surface area contributed by atoms with Gasteiger partial charge in [0.1, 0.15) is 11.9 Å². The highest BCUT2D eigenvalue weighted by atomic mass is 32.1. The topological polar surface area (TPSA) is 101 Å². The smallest absolute Gasteiger partial charge is 0.262 e. The van der Waals surface area contributed by atoms with E-state index in [2.05, 4.69) is 21.8 Å². The number of aromatic nitrogens is 2. The maximum atomic E-state index is 13.3. The minimum atomic E-state index is -0.627. The van der Waals surface area contributed by atoms with Gasteiger partial charge in [-0.05, 0) is 57.6 Å². The lowest BCUT2D eigenvalue weighted by Gasteiger charge is -2.26. The van der Waals surface area contributed by atoms with E-state index in [9.17, 15) is 19.2 Å². The predicted octanol–water partition coefficient (Wildman–Crippen LogP) is 4.02. The van der Waals surface area contributed by atoms with E-state index < -0.39 is 17.6 Å². The first kappa shape index (κ1) is 25.1. The first-order valence-corrected chi connectivity index (χ1v) is 13.5. The highest BCUT2D eigenvalue weighted by molar-refractivity contribution is 7.11. The van der Waals surface area contributed by atoms with E-state index in [0.29, 0.717) is 47.3 Å². The molecule has 1 aromatic carbocycles. The molecule has 1 atom stereocenters. The number of Topliss-reactive ketones (excluding diaryl/α,β-unsaturated/α-hetero) is 2. The number of benzene rings is 1. The Bertz CT molecular complexity index is 1500. The van der Waals surface area contributed by atoms with Gasteiger partial charge in [-0.1, -0.05) is 18.7 Å². The van der Waals surface area contributed by atoms with Crippen LogP contribution in [0, 0.1) is 13.8 Å². The van der Waals surface area contributed by atoms with Crippen molar-refractivity contribution >= 4 is 45.4 Å². The molecule has 3 aromatic rings. The van der Waals surface area contributed by atoms with Gasteiger partial charge in [-0.3, -0.25) is 23.7 Å². The van der Waals surface area contributed by atoms with Crippen LogP contribution >= 0.6 is 11.3 Å². The predicted molar refractivity (Wildman–Crippen MR) is 144 cm³/mol. The molecule has 5 rings (SSSR count). The number of aryl methyl sites for hydroxylation is 3. The van der Waals surface area contributed by atoms with Crippen LogP contribution < -0.4 is 15.8 Å². The summed E-state index contributed by atoms with van der Waals surface area (Å²) in [6.07, 6.45) is 3.72. The molecule has 192 valence electrons. The first-order chi connectivity index (χ1) is 17.7. The van der Waals surface area contributed by atoms with Gasteiger partial charge in [-0.25, -0.2) is 4.98 Å². The zero-order valence-electron chi connectivity index (χ0n) is 21.1. The van der Waals surface area contributed by atoms with Gasteiger partial charge in [0.25, 0.3) is 5.56 Å². The molecule has 2 aromatic heterocycles. The molecule has 2 aliphatic heterocycles. The lowest BCUT2D eigenvalue weighted by molar-refractivity contribution is -0.125. The summed E-state index contributed by atoms with van der Waals surface area (Å²) in [5, 5.41) is 4.88. The van der Waals surface area contributed by atoms with E-state index >= 15 is 0 Å². The van der Waals surface area contributed by atoms with Crippen molar-refractivity contribution < 1.29 is 14.4 Å². The third-order valence-electron chi connectivity index (χ3n) is 7.29. The second-order valence-electron chi connectivity index (χ2n) is 9.85. The van der Waals surface area contributed by atoms with Crippen molar-refractivity contribution in [1.29, 1.82) is 0 Å². The van der Waals surface area contributed by atoms with Crippen LogP contribution in [0.5, 0.6) is 0 Å².